The summed E-state index contributed by atoms with van der Waals surface area (Å²) in [5, 5.41) is 0. The van der Waals surface area contributed by atoms with Crippen molar-refractivity contribution in [2.24, 2.45) is 5.92 Å². The van der Waals surface area contributed by atoms with Crippen LogP contribution in [0.3, 0.4) is 0 Å². The minimum atomic E-state index is -2.67. The Bertz CT molecular complexity index is 1040. The van der Waals surface area contributed by atoms with E-state index in [0.717, 1.165) is 24.2 Å². The second-order valence-corrected chi connectivity index (χ2v) is 34.7. The van der Waals surface area contributed by atoms with E-state index >= 15 is 0 Å². The van der Waals surface area contributed by atoms with Gasteiger partial charge in [0.25, 0.3) is 0 Å². The van der Waals surface area contributed by atoms with Gasteiger partial charge in [-0.15, -0.1) is 0 Å². The zero-order chi connectivity index (χ0) is 34.9. The molecular weight excluding hydrogens is 703 g/mol. The van der Waals surface area contributed by atoms with E-state index in [1.807, 2.05) is 12.1 Å². The summed E-state index contributed by atoms with van der Waals surface area (Å²) in [5.74, 6) is 1.08. The maximum absolute atomic E-state index is 7.19. The molecule has 4 nitrogen and oxygen atoms in total. The Morgan fingerprint density at radius 3 is 1.98 bits per heavy atom. The van der Waals surface area contributed by atoms with E-state index in [1.165, 1.54) is 76.7 Å². The number of rotatable bonds is 22. The van der Waals surface area contributed by atoms with Gasteiger partial charge in [-0.1, -0.05) is 0 Å². The van der Waals surface area contributed by atoms with Crippen LogP contribution < -0.4 is 4.74 Å². The summed E-state index contributed by atoms with van der Waals surface area (Å²) in [4.78, 5) is 0. The summed E-state index contributed by atoms with van der Waals surface area (Å²) >= 11 is -2.67. The van der Waals surface area contributed by atoms with Crippen molar-refractivity contribution in [3.05, 3.63) is 50.8 Å². The van der Waals surface area contributed by atoms with E-state index in [1.54, 1.807) is 10.7 Å². The van der Waals surface area contributed by atoms with Crippen LogP contribution in [-0.4, -0.2) is 58.2 Å². The molecule has 1 saturated heterocycles. The fourth-order valence-electron chi connectivity index (χ4n) is 7.79. The van der Waals surface area contributed by atoms with Crippen molar-refractivity contribution >= 4 is 26.5 Å². The molecule has 2 rings (SSSR count). The molecule has 1 aromatic carbocycles. The first-order valence-electron chi connectivity index (χ1n) is 19.2. The second-order valence-electron chi connectivity index (χ2n) is 15.9. The number of hydrogen-bond acceptors (Lipinski definition) is 4. The molecule has 270 valence electrons. The third-order valence-electron chi connectivity index (χ3n) is 10.4. The molecule has 1 aliphatic heterocycles. The summed E-state index contributed by atoms with van der Waals surface area (Å²) < 4.78 is 32.4. The number of unbranched alkanes of at least 4 members (excludes halogenated alkanes) is 5. The number of methoxy groups -OCH3 is 1. The second kappa shape index (κ2) is 21.6. The third-order valence-corrected chi connectivity index (χ3v) is 28.1. The molecule has 2 unspecified atom stereocenters. The van der Waals surface area contributed by atoms with Crippen molar-refractivity contribution in [2.45, 2.75) is 176 Å². The predicted molar refractivity (Wildman–Crippen MR) is 209 cm³/mol. The van der Waals surface area contributed by atoms with Crippen molar-refractivity contribution in [1.82, 2.24) is 0 Å². The molecule has 4 atom stereocenters. The van der Waals surface area contributed by atoms with Gasteiger partial charge in [0, 0.05) is 0 Å². The fourth-order valence-corrected chi connectivity index (χ4v) is 25.4. The van der Waals surface area contributed by atoms with Gasteiger partial charge in [0.2, 0.25) is 0 Å². The van der Waals surface area contributed by atoms with E-state index in [-0.39, 0.29) is 18.1 Å². The van der Waals surface area contributed by atoms with Crippen LogP contribution in [0.2, 0.25) is 33.0 Å². The van der Waals surface area contributed by atoms with Crippen LogP contribution in [0.25, 0.3) is 0 Å². The fraction of sp³-hybridized carbons (Fsp3) is 0.756. The number of hydrogen-bond donors (Lipinski definition) is 0. The Hall–Kier alpha value is -0.604. The molecule has 0 aliphatic carbocycles. The van der Waals surface area contributed by atoms with Gasteiger partial charge in [0.05, 0.1) is 0 Å². The van der Waals surface area contributed by atoms with Crippen LogP contribution in [0.15, 0.2) is 45.2 Å². The van der Waals surface area contributed by atoms with Gasteiger partial charge in [-0.05, 0) is 0 Å². The van der Waals surface area contributed by atoms with Gasteiger partial charge in [0.15, 0.2) is 0 Å². The van der Waals surface area contributed by atoms with Crippen LogP contribution in [0.1, 0.15) is 125 Å². The average molecular weight is 778 g/mol. The Balaban J connectivity index is 2.71. The van der Waals surface area contributed by atoms with Crippen LogP contribution in [0.5, 0.6) is 5.75 Å². The SMILES string of the molecule is CCCCC[C@@H]1OCOC(C)(/C=[C](\C)[Sn]([CH2]CCC)([CH2]CCC)[CH2]CCC)C(OCc2ccc(OC)cc2)[C@@H]1C/C(C)=C/[Si](C)(C)C. The van der Waals surface area contributed by atoms with E-state index in [4.69, 9.17) is 18.9 Å². The van der Waals surface area contributed by atoms with Crippen LogP contribution >= 0.6 is 0 Å². The molecule has 0 saturated carbocycles. The predicted octanol–water partition coefficient (Wildman–Crippen LogP) is 12.5. The van der Waals surface area contributed by atoms with Gasteiger partial charge in [-0.25, -0.2) is 0 Å². The molecule has 6 heteroatoms. The molecule has 1 aromatic rings. The molecule has 0 radical (unpaired) electrons. The van der Waals surface area contributed by atoms with Crippen molar-refractivity contribution in [3.63, 3.8) is 0 Å². The summed E-state index contributed by atoms with van der Waals surface area (Å²) in [6, 6.07) is 8.35. The molecule has 0 bridgehead atoms. The summed E-state index contributed by atoms with van der Waals surface area (Å²) in [6.45, 7) is 24.7. The third kappa shape index (κ3) is 14.3. The first-order valence-corrected chi connectivity index (χ1v) is 30.3. The minimum absolute atomic E-state index is 0.108. The Labute approximate surface area is 296 Å². The van der Waals surface area contributed by atoms with Crippen molar-refractivity contribution < 1.29 is 18.9 Å². The van der Waals surface area contributed by atoms with E-state index in [2.05, 4.69) is 92.0 Å². The number of ether oxygens (including phenoxy) is 4. The molecule has 1 heterocycles. The van der Waals surface area contributed by atoms with E-state index in [0.29, 0.717) is 13.4 Å². The molecule has 0 N–H and O–H groups in total. The standard InChI is InChI=1S/C29H47O4Si.3C4H9.Sn/c1-9-11-12-13-27-26(19-23(3)21-34(6,7)8)28(29(4,18-10-2)33-22-32-27)31-20-24-14-16-25(30-5)17-15-24;3*1-3-4-2;/h14-18,21,26-28H,9,11-13,19-20,22H2,1-8H3;3*1,3-4H2,2H3;/b18-10?,23-21+;;;;/t26-,27+,28?,29?;;;;/m1..../s1. The van der Waals surface area contributed by atoms with Crippen molar-refractivity contribution in [1.29, 1.82) is 0 Å². The molecular formula is C41H74O4SiSn. The van der Waals surface area contributed by atoms with Crippen LogP contribution in [0, 0.1) is 5.92 Å². The Morgan fingerprint density at radius 1 is 0.894 bits per heavy atom. The van der Waals surface area contributed by atoms with Crippen molar-refractivity contribution in [2.75, 3.05) is 13.9 Å². The quantitative estimate of drug-likeness (QED) is 0.0868. The number of allylic oxidation sites excluding steroid dienone is 2. The molecule has 0 spiro atoms. The van der Waals surface area contributed by atoms with E-state index in [9.17, 15) is 0 Å². The summed E-state index contributed by atoms with van der Waals surface area (Å²) in [5.41, 5.74) is 4.66. The van der Waals surface area contributed by atoms with Gasteiger partial charge in [-0.2, -0.15) is 0 Å². The van der Waals surface area contributed by atoms with Gasteiger partial charge in [-0.3, -0.25) is 0 Å². The van der Waals surface area contributed by atoms with Gasteiger partial charge >= 0.3 is 298 Å². The summed E-state index contributed by atoms with van der Waals surface area (Å²) in [6.07, 6.45) is 16.2. The maximum atomic E-state index is 7.19. The molecule has 1 aliphatic rings. The monoisotopic (exact) mass is 778 g/mol. The van der Waals surface area contributed by atoms with Crippen LogP contribution in [0.4, 0.5) is 0 Å². The first kappa shape index (κ1) is 42.6. The zero-order valence-electron chi connectivity index (χ0n) is 32.6. The molecule has 0 aromatic heterocycles. The number of benzene rings is 1. The van der Waals surface area contributed by atoms with Gasteiger partial charge in [0.1, 0.15) is 0 Å². The topological polar surface area (TPSA) is 36.9 Å². The van der Waals surface area contributed by atoms with Gasteiger partial charge < -0.3 is 0 Å². The Morgan fingerprint density at radius 2 is 1.47 bits per heavy atom. The van der Waals surface area contributed by atoms with Crippen molar-refractivity contribution in [3.8, 4) is 5.75 Å². The first-order chi connectivity index (χ1) is 22.4. The van der Waals surface area contributed by atoms with Crippen LogP contribution in [-0.2, 0) is 20.8 Å². The summed E-state index contributed by atoms with van der Waals surface area (Å²) in [7, 11) is 0.334. The van der Waals surface area contributed by atoms with E-state index < -0.39 is 32.1 Å². The molecule has 0 amide bonds. The average Bonchev–Trinajstić information content (AvgIpc) is 3.14. The Kier molecular flexibility index (Phi) is 19.5. The normalized spacial score (nSPS) is 23.2. The zero-order valence-corrected chi connectivity index (χ0v) is 36.5. The molecule has 47 heavy (non-hydrogen) atoms. The molecule has 1 fully saturated rings.